The number of hydrogen-bond acceptors (Lipinski definition) is 4. The van der Waals surface area contributed by atoms with E-state index in [1.54, 1.807) is 0 Å². The molecule has 1 aromatic heterocycles. The van der Waals surface area contributed by atoms with Crippen molar-refractivity contribution in [2.75, 3.05) is 18.0 Å². The Morgan fingerprint density at radius 3 is 2.89 bits per heavy atom. The van der Waals surface area contributed by atoms with Gasteiger partial charge in [0.15, 0.2) is 0 Å². The van der Waals surface area contributed by atoms with E-state index in [0.717, 1.165) is 36.7 Å². The average molecular weight is 247 g/mol. The van der Waals surface area contributed by atoms with Crippen LogP contribution in [-0.4, -0.2) is 34.1 Å². The summed E-state index contributed by atoms with van der Waals surface area (Å²) in [5.41, 5.74) is 2.06. The number of hydrogen-bond donors (Lipinski definition) is 1. The van der Waals surface area contributed by atoms with Gasteiger partial charge in [-0.2, -0.15) is 0 Å². The Bertz CT molecular complexity index is 469. The molecule has 1 aliphatic heterocycles. The number of nitrogens with zero attached hydrogens (tertiary/aromatic N) is 3. The molecule has 1 fully saturated rings. The summed E-state index contributed by atoms with van der Waals surface area (Å²) >= 11 is 0. The zero-order valence-electron chi connectivity index (χ0n) is 10.3. The molecule has 5 nitrogen and oxygen atoms in total. The smallest absolute Gasteiger partial charge is 0.306 e. The van der Waals surface area contributed by atoms with Crippen LogP contribution in [-0.2, 0) is 17.6 Å². The van der Waals surface area contributed by atoms with Crippen LogP contribution in [0.1, 0.15) is 30.5 Å². The molecule has 3 rings (SSSR count). The van der Waals surface area contributed by atoms with Crippen LogP contribution in [0.3, 0.4) is 0 Å². The van der Waals surface area contributed by atoms with E-state index in [4.69, 9.17) is 5.11 Å². The highest BCUT2D eigenvalue weighted by molar-refractivity contribution is 5.70. The highest BCUT2D eigenvalue weighted by Gasteiger charge is 2.26. The van der Waals surface area contributed by atoms with Crippen molar-refractivity contribution in [3.05, 3.63) is 17.5 Å². The van der Waals surface area contributed by atoms with Crippen LogP contribution in [0, 0.1) is 5.92 Å². The van der Waals surface area contributed by atoms with Crippen LogP contribution in [0.5, 0.6) is 0 Å². The summed E-state index contributed by atoms with van der Waals surface area (Å²) in [5, 5.41) is 9.04. The Kier molecular flexibility index (Phi) is 2.89. The summed E-state index contributed by atoms with van der Waals surface area (Å²) in [7, 11) is 0. The van der Waals surface area contributed by atoms with Gasteiger partial charge in [0.05, 0.1) is 5.92 Å². The number of rotatable bonds is 2. The minimum absolute atomic E-state index is 0.265. The molecule has 5 heteroatoms. The first kappa shape index (κ1) is 11.4. The van der Waals surface area contributed by atoms with Crippen LogP contribution in [0.2, 0.25) is 0 Å². The van der Waals surface area contributed by atoms with Gasteiger partial charge in [-0.1, -0.05) is 0 Å². The first-order valence-electron chi connectivity index (χ1n) is 6.56. The number of carbonyl (C=O) groups is 1. The quantitative estimate of drug-likeness (QED) is 0.852. The fourth-order valence-corrected chi connectivity index (χ4v) is 2.78. The number of carboxylic acids is 1. The standard InChI is InChI=1S/C13H17N3O2/c17-12(18)9-3-4-11-10(7-9)8-14-13(15-11)16-5-1-2-6-16/h8-9H,1-7H2,(H,17,18). The molecular weight excluding hydrogens is 230 g/mol. The lowest BCUT2D eigenvalue weighted by molar-refractivity contribution is -0.142. The lowest BCUT2D eigenvalue weighted by atomic mass is 9.87. The molecular formula is C13H17N3O2. The Morgan fingerprint density at radius 1 is 1.39 bits per heavy atom. The van der Waals surface area contributed by atoms with Gasteiger partial charge in [0.2, 0.25) is 5.95 Å². The zero-order chi connectivity index (χ0) is 12.5. The van der Waals surface area contributed by atoms with Gasteiger partial charge in [-0.25, -0.2) is 9.97 Å². The van der Waals surface area contributed by atoms with E-state index in [-0.39, 0.29) is 5.92 Å². The summed E-state index contributed by atoms with van der Waals surface area (Å²) < 4.78 is 0. The average Bonchev–Trinajstić information content (AvgIpc) is 2.91. The van der Waals surface area contributed by atoms with Crippen molar-refractivity contribution in [1.82, 2.24) is 9.97 Å². The Hall–Kier alpha value is -1.65. The van der Waals surface area contributed by atoms with Gasteiger partial charge in [0.25, 0.3) is 0 Å². The molecule has 96 valence electrons. The number of anilines is 1. The van der Waals surface area contributed by atoms with Crippen molar-refractivity contribution in [3.8, 4) is 0 Å². The van der Waals surface area contributed by atoms with Gasteiger partial charge < -0.3 is 10.0 Å². The minimum atomic E-state index is -0.704. The van der Waals surface area contributed by atoms with Crippen LogP contribution < -0.4 is 4.90 Å². The Labute approximate surface area is 106 Å². The molecule has 18 heavy (non-hydrogen) atoms. The summed E-state index contributed by atoms with van der Waals surface area (Å²) in [6, 6.07) is 0. The molecule has 1 atom stereocenters. The van der Waals surface area contributed by atoms with Crippen LogP contribution >= 0.6 is 0 Å². The molecule has 2 aliphatic rings. The van der Waals surface area contributed by atoms with Crippen molar-refractivity contribution >= 4 is 11.9 Å². The van der Waals surface area contributed by atoms with Crippen molar-refractivity contribution in [1.29, 1.82) is 0 Å². The highest BCUT2D eigenvalue weighted by atomic mass is 16.4. The third-order valence-electron chi connectivity index (χ3n) is 3.88. The number of aromatic nitrogens is 2. The normalized spacial score (nSPS) is 22.9. The first-order chi connectivity index (χ1) is 8.74. The molecule has 0 spiro atoms. The van der Waals surface area contributed by atoms with E-state index in [2.05, 4.69) is 14.9 Å². The number of fused-ring (bicyclic) bond motifs is 1. The predicted octanol–water partition coefficient (Wildman–Crippen LogP) is 1.27. The van der Waals surface area contributed by atoms with Gasteiger partial charge in [-0.3, -0.25) is 4.79 Å². The topological polar surface area (TPSA) is 66.3 Å². The second-order valence-electron chi connectivity index (χ2n) is 5.11. The van der Waals surface area contributed by atoms with E-state index in [0.29, 0.717) is 12.8 Å². The second kappa shape index (κ2) is 4.55. The molecule has 0 amide bonds. The van der Waals surface area contributed by atoms with Crippen LogP contribution in [0.15, 0.2) is 6.20 Å². The van der Waals surface area contributed by atoms with Gasteiger partial charge >= 0.3 is 5.97 Å². The van der Waals surface area contributed by atoms with E-state index < -0.39 is 5.97 Å². The first-order valence-corrected chi connectivity index (χ1v) is 6.56. The maximum absolute atomic E-state index is 11.0. The van der Waals surface area contributed by atoms with Gasteiger partial charge in [0, 0.05) is 25.0 Å². The Morgan fingerprint density at radius 2 is 2.17 bits per heavy atom. The third kappa shape index (κ3) is 2.05. The second-order valence-corrected chi connectivity index (χ2v) is 5.11. The fraction of sp³-hybridized carbons (Fsp3) is 0.615. The summed E-state index contributed by atoms with van der Waals surface area (Å²) in [6.45, 7) is 2.08. The van der Waals surface area contributed by atoms with Crippen LogP contribution in [0.25, 0.3) is 0 Å². The summed E-state index contributed by atoms with van der Waals surface area (Å²) in [6.07, 6.45) is 6.27. The highest BCUT2D eigenvalue weighted by Crippen LogP contribution is 2.26. The zero-order valence-corrected chi connectivity index (χ0v) is 10.3. The number of aryl methyl sites for hydroxylation is 1. The SMILES string of the molecule is O=C(O)C1CCc2nc(N3CCCC3)ncc2C1. The minimum Gasteiger partial charge on any atom is -0.481 e. The largest absolute Gasteiger partial charge is 0.481 e. The monoisotopic (exact) mass is 247 g/mol. The number of aliphatic carboxylic acids is 1. The van der Waals surface area contributed by atoms with Crippen molar-refractivity contribution in [3.63, 3.8) is 0 Å². The van der Waals surface area contributed by atoms with Gasteiger partial charge in [-0.15, -0.1) is 0 Å². The molecule has 0 radical (unpaired) electrons. The van der Waals surface area contributed by atoms with E-state index in [9.17, 15) is 4.79 Å². The molecule has 2 heterocycles. The lowest BCUT2D eigenvalue weighted by Crippen LogP contribution is -2.25. The van der Waals surface area contributed by atoms with Crippen LogP contribution in [0.4, 0.5) is 5.95 Å². The molecule has 1 aromatic rings. The third-order valence-corrected chi connectivity index (χ3v) is 3.88. The number of carboxylic acid groups (broad SMARTS) is 1. The molecule has 0 saturated carbocycles. The van der Waals surface area contributed by atoms with Crippen molar-refractivity contribution in [2.24, 2.45) is 5.92 Å². The molecule has 0 bridgehead atoms. The molecule has 1 saturated heterocycles. The molecule has 0 aromatic carbocycles. The van der Waals surface area contributed by atoms with E-state index in [1.807, 2.05) is 6.20 Å². The fourth-order valence-electron chi connectivity index (χ4n) is 2.78. The van der Waals surface area contributed by atoms with Gasteiger partial charge in [-0.05, 0) is 37.7 Å². The maximum Gasteiger partial charge on any atom is 0.306 e. The lowest BCUT2D eigenvalue weighted by Gasteiger charge is -2.22. The molecule has 1 aliphatic carbocycles. The maximum atomic E-state index is 11.0. The molecule has 1 unspecified atom stereocenters. The predicted molar refractivity (Wildman–Crippen MR) is 66.6 cm³/mol. The summed E-state index contributed by atoms with van der Waals surface area (Å²) in [5.74, 6) is -0.150. The van der Waals surface area contributed by atoms with Gasteiger partial charge in [0.1, 0.15) is 0 Å². The van der Waals surface area contributed by atoms with E-state index >= 15 is 0 Å². The Balaban J connectivity index is 1.82. The van der Waals surface area contributed by atoms with Crippen molar-refractivity contribution < 1.29 is 9.90 Å². The molecule has 1 N–H and O–H groups in total. The van der Waals surface area contributed by atoms with E-state index in [1.165, 1.54) is 12.8 Å². The summed E-state index contributed by atoms with van der Waals surface area (Å²) in [4.78, 5) is 22.2. The van der Waals surface area contributed by atoms with Crippen molar-refractivity contribution in [2.45, 2.75) is 32.1 Å².